The third-order valence-electron chi connectivity index (χ3n) is 6.80. The third kappa shape index (κ3) is 5.15. The Hall–Kier alpha value is -2.38. The minimum Gasteiger partial charge on any atom is -0.489 e. The third-order valence-corrected chi connectivity index (χ3v) is 7.19. The summed E-state index contributed by atoms with van der Waals surface area (Å²) in [6, 6.07) is 11.2. The molecular weight excluding hydrogens is 464 g/mol. The lowest BCUT2D eigenvalue weighted by Crippen LogP contribution is -2.51. The maximum Gasteiger partial charge on any atom is 0.329 e. The lowest BCUT2D eigenvalue weighted by molar-refractivity contribution is -0.146. The van der Waals surface area contributed by atoms with E-state index in [0.717, 1.165) is 42.4 Å². The molecule has 0 heterocycles. The summed E-state index contributed by atoms with van der Waals surface area (Å²) in [5.41, 5.74) is 1.67. The van der Waals surface area contributed by atoms with Crippen molar-refractivity contribution in [3.8, 4) is 16.9 Å². The number of benzene rings is 2. The summed E-state index contributed by atoms with van der Waals surface area (Å²) in [6.45, 7) is 0.345. The Balaban J connectivity index is 1.45. The highest BCUT2D eigenvalue weighted by Crippen LogP contribution is 2.43. The first-order valence-electron chi connectivity index (χ1n) is 11.8. The lowest BCUT2D eigenvalue weighted by atomic mass is 9.79. The van der Waals surface area contributed by atoms with Crippen LogP contribution in [0.25, 0.3) is 11.1 Å². The highest BCUT2D eigenvalue weighted by atomic mass is 35.5. The summed E-state index contributed by atoms with van der Waals surface area (Å²) in [5.74, 6) is -3.29. The van der Waals surface area contributed by atoms with Crippen molar-refractivity contribution in [3.05, 3.63) is 47.0 Å². The number of anilines is 1. The lowest BCUT2D eigenvalue weighted by Gasteiger charge is -2.38. The molecule has 0 spiro atoms. The summed E-state index contributed by atoms with van der Waals surface area (Å²) in [6.07, 6.45) is 3.36. The zero-order valence-corrected chi connectivity index (χ0v) is 19.5. The van der Waals surface area contributed by atoms with E-state index in [1.807, 2.05) is 30.3 Å². The number of halogens is 3. The first-order valence-corrected chi connectivity index (χ1v) is 12.2. The summed E-state index contributed by atoms with van der Waals surface area (Å²) in [5, 5.41) is 13.5. The van der Waals surface area contributed by atoms with E-state index in [-0.39, 0.29) is 25.0 Å². The average Bonchev–Trinajstić information content (AvgIpc) is 3.72. The minimum atomic E-state index is -2.82. The summed E-state index contributed by atoms with van der Waals surface area (Å²) >= 11 is 6.72. The van der Waals surface area contributed by atoms with Crippen LogP contribution in [0.4, 0.5) is 14.5 Å². The van der Waals surface area contributed by atoms with Crippen molar-refractivity contribution < 1.29 is 28.2 Å². The summed E-state index contributed by atoms with van der Waals surface area (Å²) in [4.78, 5) is 12.1. The number of rotatable bonds is 9. The van der Waals surface area contributed by atoms with E-state index < -0.39 is 30.3 Å². The van der Waals surface area contributed by atoms with Crippen LogP contribution in [0, 0.1) is 0 Å². The fraction of sp³-hybridized carbons (Fsp3) is 0.500. The predicted octanol–water partition coefficient (Wildman–Crippen LogP) is 6.67. The van der Waals surface area contributed by atoms with Gasteiger partial charge in [0.25, 0.3) is 0 Å². The van der Waals surface area contributed by atoms with Gasteiger partial charge in [-0.2, -0.15) is 0 Å². The van der Waals surface area contributed by atoms with Crippen LogP contribution in [-0.2, 0) is 16.1 Å². The van der Waals surface area contributed by atoms with E-state index in [2.05, 4.69) is 5.32 Å². The predicted molar refractivity (Wildman–Crippen MR) is 126 cm³/mol. The van der Waals surface area contributed by atoms with Gasteiger partial charge in [0.1, 0.15) is 11.3 Å². The van der Waals surface area contributed by atoms with Gasteiger partial charge in [-0.25, -0.2) is 13.6 Å². The SMILES string of the molecule is O=C(O)C1(Nc2ccc(-c3cccc(OC4CC4)c3Cl)c(COC3CC3)c2)CCC(F)(F)CC1. The number of nitrogens with one attached hydrogen (secondary N) is 1. The molecule has 182 valence electrons. The molecule has 0 aromatic heterocycles. The van der Waals surface area contributed by atoms with Crippen molar-refractivity contribution in [1.29, 1.82) is 0 Å². The molecule has 0 amide bonds. The minimum absolute atomic E-state index is 0.141. The van der Waals surface area contributed by atoms with E-state index in [1.165, 1.54) is 0 Å². The average molecular weight is 492 g/mol. The molecule has 3 saturated carbocycles. The van der Waals surface area contributed by atoms with Crippen LogP contribution in [0.5, 0.6) is 5.75 Å². The quantitative estimate of drug-likeness (QED) is 0.410. The van der Waals surface area contributed by atoms with Crippen LogP contribution in [0.3, 0.4) is 0 Å². The standard InChI is InChI=1S/C26H28ClF2NO4/c27-23-21(2-1-3-22(23)34-19-7-8-19)20-9-4-17(14-16(20)15-33-18-5-6-18)30-25(24(31)32)10-12-26(28,29)13-11-25/h1-4,9,14,18-19,30H,5-8,10-13,15H2,(H,31,32). The van der Waals surface area contributed by atoms with Crippen molar-refractivity contribution in [2.75, 3.05) is 5.32 Å². The van der Waals surface area contributed by atoms with Crippen molar-refractivity contribution >= 4 is 23.3 Å². The second-order valence-electron chi connectivity index (χ2n) is 9.69. The first kappa shape index (κ1) is 23.4. The first-order chi connectivity index (χ1) is 16.2. The molecule has 5 rings (SSSR count). The number of carbonyl (C=O) groups is 1. The molecule has 0 atom stereocenters. The Labute approximate surface area is 202 Å². The highest BCUT2D eigenvalue weighted by Gasteiger charge is 2.48. The molecule has 3 aliphatic carbocycles. The van der Waals surface area contributed by atoms with Gasteiger partial charge >= 0.3 is 5.97 Å². The van der Waals surface area contributed by atoms with Gasteiger partial charge in [0.05, 0.1) is 23.8 Å². The van der Waals surface area contributed by atoms with Crippen LogP contribution in [0.15, 0.2) is 36.4 Å². The zero-order chi connectivity index (χ0) is 23.9. The van der Waals surface area contributed by atoms with E-state index in [4.69, 9.17) is 21.1 Å². The van der Waals surface area contributed by atoms with Crippen LogP contribution in [0.1, 0.15) is 56.9 Å². The number of carboxylic acids is 1. The van der Waals surface area contributed by atoms with Crippen molar-refractivity contribution in [2.45, 2.75) is 81.6 Å². The molecule has 0 aliphatic heterocycles. The number of ether oxygens (including phenoxy) is 2. The van der Waals surface area contributed by atoms with Gasteiger partial charge < -0.3 is 19.9 Å². The van der Waals surface area contributed by atoms with Crippen molar-refractivity contribution in [1.82, 2.24) is 0 Å². The Morgan fingerprint density at radius 2 is 1.74 bits per heavy atom. The largest absolute Gasteiger partial charge is 0.489 e. The summed E-state index contributed by atoms with van der Waals surface area (Å²) < 4.78 is 39.4. The molecule has 5 nitrogen and oxygen atoms in total. The van der Waals surface area contributed by atoms with Crippen LogP contribution in [0.2, 0.25) is 5.02 Å². The molecule has 0 bridgehead atoms. The van der Waals surface area contributed by atoms with Crippen LogP contribution < -0.4 is 10.1 Å². The van der Waals surface area contributed by atoms with Gasteiger partial charge in [0.2, 0.25) is 5.92 Å². The topological polar surface area (TPSA) is 67.8 Å². The van der Waals surface area contributed by atoms with Gasteiger partial charge in [-0.15, -0.1) is 0 Å². The van der Waals surface area contributed by atoms with E-state index >= 15 is 0 Å². The smallest absolute Gasteiger partial charge is 0.329 e. The maximum atomic E-state index is 13.7. The number of carboxylic acid groups (broad SMARTS) is 1. The van der Waals surface area contributed by atoms with Crippen molar-refractivity contribution in [3.63, 3.8) is 0 Å². The molecule has 3 fully saturated rings. The second-order valence-corrected chi connectivity index (χ2v) is 10.1. The van der Waals surface area contributed by atoms with Crippen LogP contribution in [-0.4, -0.2) is 34.7 Å². The molecule has 34 heavy (non-hydrogen) atoms. The normalized spacial score (nSPS) is 21.1. The molecular formula is C26H28ClF2NO4. The molecule has 2 aromatic rings. The Morgan fingerprint density at radius 1 is 1.03 bits per heavy atom. The summed E-state index contributed by atoms with van der Waals surface area (Å²) in [7, 11) is 0. The Kier molecular flexibility index (Phi) is 6.19. The fourth-order valence-corrected chi connectivity index (χ4v) is 4.65. The molecule has 3 aliphatic rings. The molecule has 2 N–H and O–H groups in total. The Bertz CT molecular complexity index is 1070. The van der Waals surface area contributed by atoms with Gasteiger partial charge in [-0.05, 0) is 67.9 Å². The number of hydrogen-bond donors (Lipinski definition) is 2. The molecule has 2 aromatic carbocycles. The van der Waals surface area contributed by atoms with Gasteiger partial charge in [-0.3, -0.25) is 0 Å². The zero-order valence-electron chi connectivity index (χ0n) is 18.8. The number of aliphatic carboxylic acids is 1. The van der Waals surface area contributed by atoms with Gasteiger partial charge in [0.15, 0.2) is 0 Å². The monoisotopic (exact) mass is 491 g/mol. The maximum absolute atomic E-state index is 13.7. The molecule has 0 radical (unpaired) electrons. The molecule has 8 heteroatoms. The molecule has 0 saturated heterocycles. The highest BCUT2D eigenvalue weighted by molar-refractivity contribution is 6.34. The van der Waals surface area contributed by atoms with Crippen molar-refractivity contribution in [2.24, 2.45) is 0 Å². The molecule has 0 unspecified atom stereocenters. The Morgan fingerprint density at radius 3 is 2.38 bits per heavy atom. The van der Waals surface area contributed by atoms with E-state index in [0.29, 0.717) is 23.1 Å². The van der Waals surface area contributed by atoms with Crippen LogP contribution >= 0.6 is 11.6 Å². The van der Waals surface area contributed by atoms with Gasteiger partial charge in [0, 0.05) is 24.1 Å². The number of hydrogen-bond acceptors (Lipinski definition) is 4. The fourth-order valence-electron chi connectivity index (χ4n) is 4.38. The van der Waals surface area contributed by atoms with E-state index in [1.54, 1.807) is 6.07 Å². The second kappa shape index (κ2) is 9.00. The van der Waals surface area contributed by atoms with E-state index in [9.17, 15) is 18.7 Å². The van der Waals surface area contributed by atoms with Gasteiger partial charge in [-0.1, -0.05) is 29.8 Å². The number of alkyl halides is 2.